The highest BCUT2D eigenvalue weighted by Gasteiger charge is 2.42. The van der Waals surface area contributed by atoms with Crippen LogP contribution in [0, 0.1) is 5.92 Å². The number of carbonyl (C=O) groups excluding carboxylic acids is 1. The fourth-order valence-electron chi connectivity index (χ4n) is 4.50. The molecule has 6 nitrogen and oxygen atoms in total. The van der Waals surface area contributed by atoms with Crippen LogP contribution in [0.15, 0.2) is 79.1 Å². The Hall–Kier alpha value is -3.10. The van der Waals surface area contributed by atoms with Crippen LogP contribution in [0.3, 0.4) is 0 Å². The lowest BCUT2D eigenvalue weighted by Crippen LogP contribution is -2.30. The van der Waals surface area contributed by atoms with Crippen LogP contribution < -0.4 is 15.5 Å². The van der Waals surface area contributed by atoms with Crippen molar-refractivity contribution in [3.8, 4) is 5.69 Å². The summed E-state index contributed by atoms with van der Waals surface area (Å²) in [7, 11) is 0. The molecular formula is C28H24Cl3N5OS. The second-order valence-electron chi connectivity index (χ2n) is 9.20. The SMILES string of the molecule is CC(C)C(=O)Nc1ccc(N2C(=S)N[C@H](c3ccccn3)[C@H]2c2cccn2-c2ccc(Cl)cc2Cl)cc1Cl. The predicted octanol–water partition coefficient (Wildman–Crippen LogP) is 7.60. The fourth-order valence-corrected chi connectivity index (χ4v) is 5.56. The van der Waals surface area contributed by atoms with Crippen LogP contribution in [0.2, 0.25) is 15.1 Å². The smallest absolute Gasteiger partial charge is 0.226 e. The zero-order valence-corrected chi connectivity index (χ0v) is 23.6. The number of anilines is 2. The Labute approximate surface area is 241 Å². The zero-order chi connectivity index (χ0) is 27.0. The van der Waals surface area contributed by atoms with Crippen molar-refractivity contribution in [1.29, 1.82) is 0 Å². The Balaban J connectivity index is 1.61. The maximum Gasteiger partial charge on any atom is 0.226 e. The number of amides is 1. The summed E-state index contributed by atoms with van der Waals surface area (Å²) >= 11 is 25.3. The highest BCUT2D eigenvalue weighted by molar-refractivity contribution is 7.80. The minimum absolute atomic E-state index is 0.108. The monoisotopic (exact) mass is 583 g/mol. The van der Waals surface area contributed by atoms with Crippen LogP contribution in [-0.4, -0.2) is 20.6 Å². The molecule has 1 aliphatic heterocycles. The van der Waals surface area contributed by atoms with Crippen molar-refractivity contribution in [1.82, 2.24) is 14.9 Å². The number of hydrogen-bond donors (Lipinski definition) is 2. The molecule has 0 bridgehead atoms. The molecule has 1 aliphatic rings. The summed E-state index contributed by atoms with van der Waals surface area (Å²) in [5, 5.41) is 8.35. The number of benzene rings is 2. The number of carbonyl (C=O) groups is 1. The van der Waals surface area contributed by atoms with Gasteiger partial charge in [-0.05, 0) is 72.9 Å². The summed E-state index contributed by atoms with van der Waals surface area (Å²) in [6, 6.07) is 20.1. The number of nitrogens with one attached hydrogen (secondary N) is 2. The zero-order valence-electron chi connectivity index (χ0n) is 20.5. The third-order valence-corrected chi connectivity index (χ3v) is 7.53. The van der Waals surface area contributed by atoms with Gasteiger partial charge in [-0.15, -0.1) is 0 Å². The summed E-state index contributed by atoms with van der Waals surface area (Å²) in [5.41, 5.74) is 3.88. The number of rotatable bonds is 6. The van der Waals surface area contributed by atoms with Gasteiger partial charge in [0.25, 0.3) is 0 Å². The van der Waals surface area contributed by atoms with Crippen molar-refractivity contribution >= 4 is 69.4 Å². The van der Waals surface area contributed by atoms with E-state index >= 15 is 0 Å². The summed E-state index contributed by atoms with van der Waals surface area (Å²) in [4.78, 5) is 18.9. The minimum atomic E-state index is -0.300. The molecule has 0 saturated carbocycles. The van der Waals surface area contributed by atoms with Crippen LogP contribution in [-0.2, 0) is 4.79 Å². The molecule has 0 unspecified atom stereocenters. The van der Waals surface area contributed by atoms with E-state index in [1.165, 1.54) is 0 Å². The van der Waals surface area contributed by atoms with Gasteiger partial charge in [0.2, 0.25) is 5.91 Å². The molecule has 4 aromatic rings. The highest BCUT2D eigenvalue weighted by atomic mass is 35.5. The third-order valence-electron chi connectivity index (χ3n) is 6.36. The first-order chi connectivity index (χ1) is 18.2. The maximum atomic E-state index is 12.2. The molecule has 3 heterocycles. The van der Waals surface area contributed by atoms with E-state index in [9.17, 15) is 4.79 Å². The average Bonchev–Trinajstić information content (AvgIpc) is 3.50. The van der Waals surface area contributed by atoms with E-state index in [0.29, 0.717) is 25.9 Å². The number of hydrogen-bond acceptors (Lipinski definition) is 3. The predicted molar refractivity (Wildman–Crippen MR) is 159 cm³/mol. The largest absolute Gasteiger partial charge is 0.351 e. The van der Waals surface area contributed by atoms with Gasteiger partial charge < -0.3 is 20.1 Å². The van der Waals surface area contributed by atoms with Crippen molar-refractivity contribution in [2.45, 2.75) is 25.9 Å². The first-order valence-corrected chi connectivity index (χ1v) is 13.5. The molecule has 2 atom stereocenters. The molecule has 0 aliphatic carbocycles. The van der Waals surface area contributed by atoms with Crippen LogP contribution >= 0.6 is 47.0 Å². The lowest BCUT2D eigenvalue weighted by Gasteiger charge is -2.29. The Morgan fingerprint density at radius 1 is 1.03 bits per heavy atom. The molecule has 2 aromatic carbocycles. The number of thiocarbonyl (C=S) groups is 1. The molecule has 10 heteroatoms. The summed E-state index contributed by atoms with van der Waals surface area (Å²) in [6.07, 6.45) is 3.72. The second-order valence-corrected chi connectivity index (χ2v) is 10.8. The molecule has 38 heavy (non-hydrogen) atoms. The normalized spacial score (nSPS) is 17.1. The van der Waals surface area contributed by atoms with Gasteiger partial charge >= 0.3 is 0 Å². The van der Waals surface area contributed by atoms with Gasteiger partial charge in [-0.3, -0.25) is 9.78 Å². The Bertz CT molecular complexity index is 1510. The highest BCUT2D eigenvalue weighted by Crippen LogP contribution is 2.44. The van der Waals surface area contributed by atoms with Gasteiger partial charge in [0.1, 0.15) is 6.04 Å². The van der Waals surface area contributed by atoms with Crippen molar-refractivity contribution in [3.05, 3.63) is 106 Å². The van der Waals surface area contributed by atoms with Crippen molar-refractivity contribution in [3.63, 3.8) is 0 Å². The molecule has 1 fully saturated rings. The summed E-state index contributed by atoms with van der Waals surface area (Å²) in [5.74, 6) is -0.277. The maximum absolute atomic E-state index is 12.2. The fraction of sp³-hybridized carbons (Fsp3) is 0.179. The van der Waals surface area contributed by atoms with Crippen molar-refractivity contribution in [2.24, 2.45) is 5.92 Å². The number of halogens is 3. The van der Waals surface area contributed by atoms with E-state index in [2.05, 4.69) is 15.6 Å². The van der Waals surface area contributed by atoms with Crippen LogP contribution in [0.1, 0.15) is 37.3 Å². The van der Waals surface area contributed by atoms with E-state index < -0.39 is 0 Å². The van der Waals surface area contributed by atoms with Gasteiger partial charge in [0.05, 0.1) is 33.2 Å². The Morgan fingerprint density at radius 2 is 1.84 bits per heavy atom. The van der Waals surface area contributed by atoms with Gasteiger partial charge in [0.15, 0.2) is 5.11 Å². The van der Waals surface area contributed by atoms with E-state index in [4.69, 9.17) is 47.0 Å². The molecule has 2 N–H and O–H groups in total. The van der Waals surface area contributed by atoms with Crippen LogP contribution in [0.5, 0.6) is 0 Å². The summed E-state index contributed by atoms with van der Waals surface area (Å²) in [6.45, 7) is 3.66. The molecule has 2 aromatic heterocycles. The van der Waals surface area contributed by atoms with Gasteiger partial charge in [-0.25, -0.2) is 0 Å². The Kier molecular flexibility index (Phi) is 7.63. The van der Waals surface area contributed by atoms with Crippen LogP contribution in [0.25, 0.3) is 5.69 Å². The van der Waals surface area contributed by atoms with E-state index in [0.717, 1.165) is 22.8 Å². The standard InChI is InChI=1S/C28H24Cl3N5OS/c1-16(2)27(37)33-21-10-9-18(15-19(21)30)36-26(25(34-28(36)38)22-6-3-4-12-32-22)24-7-5-13-35(24)23-11-8-17(29)14-20(23)31/h3-16,25-26H,1-2H3,(H,33,37)(H,34,38)/t25-,26-/m1/s1. The molecule has 1 saturated heterocycles. The van der Waals surface area contributed by atoms with E-state index in [-0.39, 0.29) is 23.9 Å². The van der Waals surface area contributed by atoms with Crippen LogP contribution in [0.4, 0.5) is 11.4 Å². The van der Waals surface area contributed by atoms with E-state index in [1.54, 1.807) is 18.3 Å². The molecule has 0 radical (unpaired) electrons. The molecule has 194 valence electrons. The average molecular weight is 585 g/mol. The molecular weight excluding hydrogens is 561 g/mol. The lowest BCUT2D eigenvalue weighted by atomic mass is 10.0. The molecule has 0 spiro atoms. The number of aromatic nitrogens is 2. The van der Waals surface area contributed by atoms with Crippen molar-refractivity contribution in [2.75, 3.05) is 10.2 Å². The van der Waals surface area contributed by atoms with Gasteiger partial charge in [0, 0.05) is 34.7 Å². The first-order valence-electron chi connectivity index (χ1n) is 12.0. The lowest BCUT2D eigenvalue weighted by molar-refractivity contribution is -0.118. The number of nitrogens with zero attached hydrogens (tertiary/aromatic N) is 3. The van der Waals surface area contributed by atoms with Gasteiger partial charge in [-0.1, -0.05) is 54.7 Å². The molecule has 5 rings (SSSR count). The minimum Gasteiger partial charge on any atom is -0.351 e. The Morgan fingerprint density at radius 3 is 2.53 bits per heavy atom. The van der Waals surface area contributed by atoms with Gasteiger partial charge in [-0.2, -0.15) is 0 Å². The topological polar surface area (TPSA) is 62.2 Å². The number of pyridine rings is 1. The molecule has 1 amide bonds. The first kappa shape index (κ1) is 26.5. The van der Waals surface area contributed by atoms with Crippen molar-refractivity contribution < 1.29 is 4.79 Å². The summed E-state index contributed by atoms with van der Waals surface area (Å²) < 4.78 is 2.03. The third kappa shape index (κ3) is 5.12. The second kappa shape index (κ2) is 10.9. The quantitative estimate of drug-likeness (QED) is 0.229. The van der Waals surface area contributed by atoms with E-state index in [1.807, 2.05) is 84.1 Å².